The number of benzene rings is 1. The van der Waals surface area contributed by atoms with Crippen molar-refractivity contribution in [2.45, 2.75) is 58.9 Å². The van der Waals surface area contributed by atoms with E-state index in [0.29, 0.717) is 28.5 Å². The van der Waals surface area contributed by atoms with Crippen molar-refractivity contribution in [1.82, 2.24) is 10.2 Å². The molecule has 1 aromatic carbocycles. The zero-order valence-electron chi connectivity index (χ0n) is 20.5. The van der Waals surface area contributed by atoms with Crippen molar-refractivity contribution in [3.8, 4) is 0 Å². The van der Waals surface area contributed by atoms with Gasteiger partial charge in [0.25, 0.3) is 5.91 Å². The molecule has 0 saturated carbocycles. The summed E-state index contributed by atoms with van der Waals surface area (Å²) < 4.78 is 5.26. The van der Waals surface area contributed by atoms with Gasteiger partial charge in [-0.2, -0.15) is 0 Å². The summed E-state index contributed by atoms with van der Waals surface area (Å²) in [5, 5.41) is 6.00. The Kier molecular flexibility index (Phi) is 6.98. The third-order valence-corrected chi connectivity index (χ3v) is 7.97. The molecule has 9 heteroatoms. The van der Waals surface area contributed by atoms with Crippen LogP contribution in [0.5, 0.6) is 0 Å². The van der Waals surface area contributed by atoms with E-state index in [4.69, 9.17) is 4.74 Å². The lowest BCUT2D eigenvalue weighted by atomic mass is 9.87. The molecule has 0 radical (unpaired) electrons. The molecular formula is C26H31N3O5S. The van der Waals surface area contributed by atoms with E-state index in [-0.39, 0.29) is 6.61 Å². The largest absolute Gasteiger partial charge is 0.462 e. The summed E-state index contributed by atoms with van der Waals surface area (Å²) in [7, 11) is 0. The minimum absolute atomic E-state index is 0.230. The van der Waals surface area contributed by atoms with Gasteiger partial charge >= 0.3 is 12.0 Å². The Morgan fingerprint density at radius 3 is 2.60 bits per heavy atom. The highest BCUT2D eigenvalue weighted by Crippen LogP contribution is 2.40. The molecule has 1 aliphatic heterocycles. The molecule has 1 saturated heterocycles. The van der Waals surface area contributed by atoms with E-state index in [0.717, 1.165) is 40.2 Å². The summed E-state index contributed by atoms with van der Waals surface area (Å²) >= 11 is 1.37. The van der Waals surface area contributed by atoms with Crippen LogP contribution in [0.3, 0.4) is 0 Å². The number of ether oxygens (including phenoxy) is 1. The Labute approximate surface area is 209 Å². The fourth-order valence-corrected chi connectivity index (χ4v) is 6.23. The van der Waals surface area contributed by atoms with Crippen LogP contribution in [-0.2, 0) is 32.7 Å². The molecule has 4 rings (SSSR count). The molecule has 2 aromatic rings. The number of carbonyl (C=O) groups is 4. The maximum Gasteiger partial charge on any atom is 0.341 e. The SMILES string of the molecule is CCOC(=O)c1c(NC(=O)CN2C(=O)N[C@@](CC)(c3ccc(C)cc3)C2=O)sc2c1CC[C@H](C)C2. The van der Waals surface area contributed by atoms with Crippen LogP contribution in [0.4, 0.5) is 9.80 Å². The van der Waals surface area contributed by atoms with E-state index in [1.54, 1.807) is 6.92 Å². The lowest BCUT2D eigenvalue weighted by Gasteiger charge is -2.25. The van der Waals surface area contributed by atoms with Crippen LogP contribution in [0.2, 0.25) is 0 Å². The zero-order chi connectivity index (χ0) is 25.3. The summed E-state index contributed by atoms with van der Waals surface area (Å²) in [6.07, 6.45) is 2.90. The number of carbonyl (C=O) groups excluding carboxylic acids is 4. The van der Waals surface area contributed by atoms with Crippen molar-refractivity contribution in [2.24, 2.45) is 5.92 Å². The molecule has 2 N–H and O–H groups in total. The molecule has 2 heterocycles. The molecule has 35 heavy (non-hydrogen) atoms. The van der Waals surface area contributed by atoms with E-state index < -0.39 is 35.9 Å². The average molecular weight is 498 g/mol. The number of rotatable bonds is 7. The van der Waals surface area contributed by atoms with Gasteiger partial charge < -0.3 is 15.4 Å². The van der Waals surface area contributed by atoms with Crippen molar-refractivity contribution in [2.75, 3.05) is 18.5 Å². The summed E-state index contributed by atoms with van der Waals surface area (Å²) in [5.74, 6) is -0.973. The Morgan fingerprint density at radius 1 is 1.23 bits per heavy atom. The first-order valence-corrected chi connectivity index (χ1v) is 12.8. The number of urea groups is 1. The second-order valence-corrected chi connectivity index (χ2v) is 10.4. The fourth-order valence-electron chi connectivity index (χ4n) is 4.81. The van der Waals surface area contributed by atoms with Crippen molar-refractivity contribution in [1.29, 1.82) is 0 Å². The maximum atomic E-state index is 13.4. The van der Waals surface area contributed by atoms with E-state index >= 15 is 0 Å². The Bertz CT molecular complexity index is 1170. The van der Waals surface area contributed by atoms with E-state index in [1.165, 1.54) is 11.3 Å². The molecule has 0 bridgehead atoms. The first-order valence-electron chi connectivity index (χ1n) is 12.0. The van der Waals surface area contributed by atoms with Crippen LogP contribution < -0.4 is 10.6 Å². The first kappa shape index (κ1) is 24.9. The summed E-state index contributed by atoms with van der Waals surface area (Å²) in [6, 6.07) is 6.81. The van der Waals surface area contributed by atoms with E-state index in [2.05, 4.69) is 17.6 Å². The topological polar surface area (TPSA) is 105 Å². The van der Waals surface area contributed by atoms with Crippen LogP contribution in [0.1, 0.15) is 65.5 Å². The number of imide groups is 1. The molecule has 186 valence electrons. The highest BCUT2D eigenvalue weighted by atomic mass is 32.1. The lowest BCUT2D eigenvalue weighted by Crippen LogP contribution is -2.44. The number of nitrogens with one attached hydrogen (secondary N) is 2. The predicted octanol–water partition coefficient (Wildman–Crippen LogP) is 4.15. The molecule has 2 atom stereocenters. The minimum atomic E-state index is -1.21. The van der Waals surface area contributed by atoms with Gasteiger partial charge in [0.1, 0.15) is 17.1 Å². The standard InChI is InChI=1S/C26H31N3O5S/c1-5-26(17-10-7-15(3)8-11-17)24(32)29(25(33)28-26)14-20(30)27-22-21(23(31)34-6-2)18-12-9-16(4)13-19(18)35-22/h7-8,10-11,16H,5-6,9,12-14H2,1-4H3,(H,27,30)(H,28,33)/t16-,26-/m0/s1. The smallest absolute Gasteiger partial charge is 0.341 e. The van der Waals surface area contributed by atoms with Gasteiger partial charge in [0, 0.05) is 4.88 Å². The molecule has 1 aromatic heterocycles. The molecular weight excluding hydrogens is 466 g/mol. The number of esters is 1. The van der Waals surface area contributed by atoms with Gasteiger partial charge in [0.15, 0.2) is 0 Å². The van der Waals surface area contributed by atoms with Gasteiger partial charge in [-0.3, -0.25) is 14.5 Å². The molecule has 0 spiro atoms. The molecule has 8 nitrogen and oxygen atoms in total. The van der Waals surface area contributed by atoms with Crippen LogP contribution >= 0.6 is 11.3 Å². The Balaban J connectivity index is 1.56. The van der Waals surface area contributed by atoms with Gasteiger partial charge in [-0.15, -0.1) is 11.3 Å². The van der Waals surface area contributed by atoms with E-state index in [9.17, 15) is 19.2 Å². The highest BCUT2D eigenvalue weighted by molar-refractivity contribution is 7.17. The van der Waals surface area contributed by atoms with Crippen molar-refractivity contribution < 1.29 is 23.9 Å². The number of aryl methyl sites for hydroxylation is 1. The quantitative estimate of drug-likeness (QED) is 0.442. The molecule has 1 aliphatic carbocycles. The van der Waals surface area contributed by atoms with Gasteiger partial charge in [0.2, 0.25) is 5.91 Å². The maximum absolute atomic E-state index is 13.4. The highest BCUT2D eigenvalue weighted by Gasteiger charge is 2.51. The number of nitrogens with zero attached hydrogens (tertiary/aromatic N) is 1. The minimum Gasteiger partial charge on any atom is -0.462 e. The van der Waals surface area contributed by atoms with Crippen LogP contribution in [0.15, 0.2) is 24.3 Å². The van der Waals surface area contributed by atoms with Gasteiger partial charge in [-0.1, -0.05) is 43.7 Å². The van der Waals surface area contributed by atoms with Crippen LogP contribution in [0.25, 0.3) is 0 Å². The van der Waals surface area contributed by atoms with Crippen LogP contribution in [0, 0.1) is 12.8 Å². The zero-order valence-corrected chi connectivity index (χ0v) is 21.3. The lowest BCUT2D eigenvalue weighted by molar-refractivity contribution is -0.134. The number of hydrogen-bond acceptors (Lipinski definition) is 6. The normalized spacial score (nSPS) is 21.5. The second kappa shape index (κ2) is 9.81. The van der Waals surface area contributed by atoms with Gasteiger partial charge in [-0.25, -0.2) is 9.59 Å². The molecule has 1 fully saturated rings. The van der Waals surface area contributed by atoms with Gasteiger partial charge in [0.05, 0.1) is 12.2 Å². The summed E-state index contributed by atoms with van der Waals surface area (Å²) in [5.41, 5.74) is 1.84. The molecule has 0 unspecified atom stereocenters. The third-order valence-electron chi connectivity index (χ3n) is 6.80. The Morgan fingerprint density at radius 2 is 1.94 bits per heavy atom. The van der Waals surface area contributed by atoms with Gasteiger partial charge in [-0.05, 0) is 56.6 Å². The van der Waals surface area contributed by atoms with Crippen molar-refractivity contribution >= 4 is 40.2 Å². The summed E-state index contributed by atoms with van der Waals surface area (Å²) in [6.45, 7) is 7.46. The Hall–Kier alpha value is -3.20. The molecule has 4 amide bonds. The number of fused-ring (bicyclic) bond motifs is 1. The number of thiophene rings is 1. The predicted molar refractivity (Wildman–Crippen MR) is 133 cm³/mol. The van der Waals surface area contributed by atoms with Crippen LogP contribution in [-0.4, -0.2) is 41.9 Å². The number of anilines is 1. The number of amides is 4. The average Bonchev–Trinajstić information content (AvgIpc) is 3.29. The number of hydrogen-bond donors (Lipinski definition) is 2. The summed E-state index contributed by atoms with van der Waals surface area (Å²) in [4.78, 5) is 53.9. The second-order valence-electron chi connectivity index (χ2n) is 9.27. The fraction of sp³-hybridized carbons (Fsp3) is 0.462. The van der Waals surface area contributed by atoms with Crippen molar-refractivity contribution in [3.05, 3.63) is 51.4 Å². The third kappa shape index (κ3) is 4.57. The molecule has 2 aliphatic rings. The van der Waals surface area contributed by atoms with E-state index in [1.807, 2.05) is 38.1 Å². The first-order chi connectivity index (χ1) is 16.7. The monoisotopic (exact) mass is 497 g/mol. The van der Waals surface area contributed by atoms with Crippen molar-refractivity contribution in [3.63, 3.8) is 0 Å².